The molecule has 12 heteroatoms. The van der Waals surface area contributed by atoms with Crippen LogP contribution >= 0.6 is 0 Å². The normalized spacial score (nSPS) is 12.2. The molecule has 10 nitrogen and oxygen atoms in total. The van der Waals surface area contributed by atoms with Crippen molar-refractivity contribution < 1.29 is 36.5 Å². The quantitative estimate of drug-likeness (QED) is 0.146. The van der Waals surface area contributed by atoms with Gasteiger partial charge in [0.15, 0.2) is 0 Å². The van der Waals surface area contributed by atoms with Crippen LogP contribution in [-0.2, 0) is 27.3 Å². The first-order chi connectivity index (χ1) is 20.1. The molecule has 42 heavy (non-hydrogen) atoms. The van der Waals surface area contributed by atoms with Crippen molar-refractivity contribution in [3.8, 4) is 17.2 Å². The van der Waals surface area contributed by atoms with Crippen LogP contribution in [0.25, 0.3) is 0 Å². The van der Waals surface area contributed by atoms with Crippen LogP contribution in [0.3, 0.4) is 0 Å². The molecule has 0 aromatic heterocycles. The van der Waals surface area contributed by atoms with Gasteiger partial charge in [-0.25, -0.2) is 4.79 Å². The van der Waals surface area contributed by atoms with Crippen molar-refractivity contribution in [2.75, 3.05) is 22.3 Å². The van der Waals surface area contributed by atoms with Gasteiger partial charge < -0.3 is 23.3 Å². The first-order valence-electron chi connectivity index (χ1n) is 12.7. The van der Waals surface area contributed by atoms with E-state index in [2.05, 4.69) is 0 Å². The lowest BCUT2D eigenvalue weighted by molar-refractivity contribution is 0.0601. The topological polar surface area (TPSA) is 132 Å². The zero-order valence-corrected chi connectivity index (χ0v) is 24.9. The Morgan fingerprint density at radius 3 is 1.69 bits per heavy atom. The zero-order valence-electron chi connectivity index (χ0n) is 23.3. The molecular weight excluding hydrogens is 580 g/mol. The molecule has 0 amide bonds. The first kappa shape index (κ1) is 30.7. The highest BCUT2D eigenvalue weighted by Gasteiger charge is 2.22. The van der Waals surface area contributed by atoms with Gasteiger partial charge in [-0.3, -0.25) is 17.0 Å². The molecule has 0 aliphatic rings. The van der Waals surface area contributed by atoms with Crippen LogP contribution in [-0.4, -0.2) is 37.2 Å². The van der Waals surface area contributed by atoms with E-state index in [4.69, 9.17) is 14.2 Å². The Kier molecular flexibility index (Phi) is 9.96. The smallest absolute Gasteiger partial charge is 0.340 e. The third kappa shape index (κ3) is 6.97. The lowest BCUT2D eigenvalue weighted by Crippen LogP contribution is -2.22. The highest BCUT2D eigenvalue weighted by molar-refractivity contribution is 7.81. The van der Waals surface area contributed by atoms with Gasteiger partial charge in [0.05, 0.1) is 64.6 Å². The molecule has 4 aromatic carbocycles. The van der Waals surface area contributed by atoms with E-state index in [1.807, 2.05) is 13.8 Å². The second-order valence-electron chi connectivity index (χ2n) is 9.03. The highest BCUT2D eigenvalue weighted by atomic mass is 32.2. The third-order valence-electron chi connectivity index (χ3n) is 6.11. The van der Waals surface area contributed by atoms with E-state index in [1.165, 1.54) is 31.4 Å². The molecule has 0 heterocycles. The van der Waals surface area contributed by atoms with E-state index in [9.17, 15) is 22.3 Å². The molecule has 0 aliphatic carbocycles. The lowest BCUT2D eigenvalue weighted by atomic mass is 10.1. The van der Waals surface area contributed by atoms with Crippen LogP contribution in [0, 0.1) is 13.8 Å². The number of aryl methyl sites for hydroxylation is 2. The monoisotopic (exact) mass is 608 g/mol. The molecule has 0 radical (unpaired) electrons. The summed E-state index contributed by atoms with van der Waals surface area (Å²) >= 11 is -5.41. The molecule has 220 valence electrons. The summed E-state index contributed by atoms with van der Waals surface area (Å²) in [5, 5.41) is 0. The summed E-state index contributed by atoms with van der Waals surface area (Å²) in [5.74, 6) is -0.0290. The maximum atomic E-state index is 12.7. The standard InChI is InChI=1S/C30H30N2O8S2/c1-5-39-29-19-25(15-17-28(29)32(42(36)37)23-12-8-21(3)9-13-23)40-24-14-16-27(26(18-24)30(33)38-4)31(41(34)35)22-10-6-20(2)7-11-22/h6-19H,5H2,1-4H3,(H,34,35)(H,36,37)/p-2. The first-order valence-corrected chi connectivity index (χ1v) is 14.8. The maximum Gasteiger partial charge on any atom is 0.340 e. The molecule has 0 spiro atoms. The summed E-state index contributed by atoms with van der Waals surface area (Å²) in [6.07, 6.45) is 0. The Bertz CT molecular complexity index is 1610. The number of nitrogens with zero attached hydrogens (tertiary/aromatic N) is 2. The van der Waals surface area contributed by atoms with Crippen LogP contribution in [0.4, 0.5) is 22.7 Å². The number of carbonyl (C=O) groups is 1. The van der Waals surface area contributed by atoms with Crippen LogP contribution in [0.5, 0.6) is 17.2 Å². The molecule has 0 aliphatic heterocycles. The maximum absolute atomic E-state index is 12.7. The van der Waals surface area contributed by atoms with E-state index in [-0.39, 0.29) is 40.8 Å². The minimum absolute atomic E-state index is 0.0475. The molecule has 4 aromatic rings. The highest BCUT2D eigenvalue weighted by Crippen LogP contribution is 2.40. The van der Waals surface area contributed by atoms with Crippen molar-refractivity contribution in [1.82, 2.24) is 0 Å². The predicted octanol–water partition coefficient (Wildman–Crippen LogP) is 6.15. The van der Waals surface area contributed by atoms with Crippen molar-refractivity contribution in [2.24, 2.45) is 0 Å². The average Bonchev–Trinajstić information content (AvgIpc) is 2.96. The number of hydrogen-bond acceptors (Lipinski definition) is 8. The fraction of sp³-hybridized carbons (Fsp3) is 0.167. The van der Waals surface area contributed by atoms with E-state index in [0.717, 1.165) is 19.7 Å². The Balaban J connectivity index is 1.72. The molecular formula is C30H28N2O8S2-2. The van der Waals surface area contributed by atoms with Gasteiger partial charge in [-0.2, -0.15) is 0 Å². The number of anilines is 4. The summed E-state index contributed by atoms with van der Waals surface area (Å²) in [6.45, 7) is 5.80. The fourth-order valence-electron chi connectivity index (χ4n) is 4.13. The van der Waals surface area contributed by atoms with Gasteiger partial charge in [0.2, 0.25) is 0 Å². The van der Waals surface area contributed by atoms with Crippen LogP contribution in [0.1, 0.15) is 28.4 Å². The van der Waals surface area contributed by atoms with Crippen molar-refractivity contribution in [3.63, 3.8) is 0 Å². The minimum atomic E-state index is -2.76. The van der Waals surface area contributed by atoms with Crippen molar-refractivity contribution >= 4 is 51.3 Å². The van der Waals surface area contributed by atoms with Gasteiger partial charge in [-0.15, -0.1) is 0 Å². The van der Waals surface area contributed by atoms with Gasteiger partial charge in [0, 0.05) is 6.07 Å². The molecule has 0 bridgehead atoms. The third-order valence-corrected chi connectivity index (χ3v) is 7.52. The number of rotatable bonds is 11. The molecule has 0 saturated heterocycles. The summed E-state index contributed by atoms with van der Waals surface area (Å²) in [6, 6.07) is 22.7. The van der Waals surface area contributed by atoms with Gasteiger partial charge in [-0.1, -0.05) is 35.4 Å². The average molecular weight is 609 g/mol. The van der Waals surface area contributed by atoms with Crippen molar-refractivity contribution in [2.45, 2.75) is 20.8 Å². The van der Waals surface area contributed by atoms with Gasteiger partial charge in [0.25, 0.3) is 0 Å². The fourth-order valence-corrected chi connectivity index (χ4v) is 5.35. The number of hydrogen-bond donors (Lipinski definition) is 0. The summed E-state index contributed by atoms with van der Waals surface area (Å²) in [5.41, 5.74) is 2.98. The summed E-state index contributed by atoms with van der Waals surface area (Å²) < 4.78 is 67.8. The number of esters is 1. The Morgan fingerprint density at radius 2 is 1.21 bits per heavy atom. The van der Waals surface area contributed by atoms with E-state index in [1.54, 1.807) is 67.6 Å². The molecule has 0 saturated carbocycles. The number of benzene rings is 4. The van der Waals surface area contributed by atoms with Gasteiger partial charge >= 0.3 is 5.97 Å². The lowest BCUT2D eigenvalue weighted by Gasteiger charge is -2.29. The Hall–Kier alpha value is -4.23. The molecule has 0 fully saturated rings. The second kappa shape index (κ2) is 13.6. The predicted molar refractivity (Wildman–Crippen MR) is 160 cm³/mol. The van der Waals surface area contributed by atoms with Crippen LogP contribution in [0.2, 0.25) is 0 Å². The van der Waals surface area contributed by atoms with Crippen molar-refractivity contribution in [3.05, 3.63) is 102 Å². The molecule has 0 N–H and O–H groups in total. The van der Waals surface area contributed by atoms with Crippen LogP contribution < -0.4 is 18.1 Å². The largest absolute Gasteiger partial charge is 0.755 e. The van der Waals surface area contributed by atoms with Crippen molar-refractivity contribution in [1.29, 1.82) is 0 Å². The van der Waals surface area contributed by atoms with Gasteiger partial charge in [-0.05, 0) is 75.4 Å². The molecule has 2 unspecified atom stereocenters. The molecule has 2 atom stereocenters. The minimum Gasteiger partial charge on any atom is -0.755 e. The summed E-state index contributed by atoms with van der Waals surface area (Å²) in [4.78, 5) is 12.7. The van der Waals surface area contributed by atoms with Gasteiger partial charge in [0.1, 0.15) is 17.2 Å². The SMILES string of the molecule is CCOc1cc(Oc2ccc(N(c3ccc(C)cc3)S(=O)[O-])c(C(=O)OC)c2)ccc1N(c1ccc(C)cc1)S(=O)[O-]. The number of carbonyl (C=O) groups excluding carboxylic acids is 1. The Labute approximate surface area is 249 Å². The summed E-state index contributed by atoms with van der Waals surface area (Å²) in [7, 11) is 1.19. The van der Waals surface area contributed by atoms with E-state index in [0.29, 0.717) is 11.4 Å². The zero-order chi connectivity index (χ0) is 30.4. The van der Waals surface area contributed by atoms with E-state index < -0.39 is 28.5 Å². The number of ether oxygens (including phenoxy) is 3. The van der Waals surface area contributed by atoms with E-state index >= 15 is 0 Å². The number of methoxy groups -OCH3 is 1. The molecule has 4 rings (SSSR count). The van der Waals surface area contributed by atoms with Crippen LogP contribution in [0.15, 0.2) is 84.9 Å². The second-order valence-corrected chi connectivity index (χ2v) is 10.6. The Morgan fingerprint density at radius 1 is 0.738 bits per heavy atom.